The van der Waals surface area contributed by atoms with E-state index < -0.39 is 0 Å². The molecule has 33 heavy (non-hydrogen) atoms. The van der Waals surface area contributed by atoms with Crippen LogP contribution in [0.4, 0.5) is 17.3 Å². The fraction of sp³-hybridized carbons (Fsp3) is 0.250. The van der Waals surface area contributed by atoms with E-state index in [1.165, 1.54) is 6.92 Å². The first kappa shape index (κ1) is 21.4. The molecule has 1 saturated heterocycles. The van der Waals surface area contributed by atoms with Crippen molar-refractivity contribution in [1.82, 2.24) is 19.9 Å². The maximum Gasteiger partial charge on any atom is 0.227 e. The number of ether oxygens (including phenoxy) is 1. The summed E-state index contributed by atoms with van der Waals surface area (Å²) < 4.78 is 5.45. The van der Waals surface area contributed by atoms with E-state index in [1.54, 1.807) is 17.5 Å². The highest BCUT2D eigenvalue weighted by Gasteiger charge is 2.13. The monoisotopic (exact) mass is 460 g/mol. The topological polar surface area (TPSA) is 92.3 Å². The summed E-state index contributed by atoms with van der Waals surface area (Å²) in [4.78, 5) is 27.5. The summed E-state index contributed by atoms with van der Waals surface area (Å²) >= 11 is 1.60. The van der Waals surface area contributed by atoms with Crippen LogP contribution in [0.2, 0.25) is 0 Å². The number of carbonyl (C=O) groups is 1. The molecule has 9 heteroatoms. The zero-order valence-electron chi connectivity index (χ0n) is 18.2. The molecule has 1 aliphatic rings. The van der Waals surface area contributed by atoms with Crippen LogP contribution in [0.3, 0.4) is 0 Å². The lowest BCUT2D eigenvalue weighted by molar-refractivity contribution is -0.114. The molecule has 168 valence electrons. The highest BCUT2D eigenvalue weighted by Crippen LogP contribution is 2.27. The fourth-order valence-electron chi connectivity index (χ4n) is 3.87. The van der Waals surface area contributed by atoms with E-state index >= 15 is 0 Å². The molecule has 0 aliphatic carbocycles. The van der Waals surface area contributed by atoms with Gasteiger partial charge >= 0.3 is 0 Å². The first-order valence-corrected chi connectivity index (χ1v) is 11.7. The van der Waals surface area contributed by atoms with Gasteiger partial charge in [-0.1, -0.05) is 0 Å². The lowest BCUT2D eigenvalue weighted by Gasteiger charge is -2.27. The molecule has 3 heterocycles. The molecule has 2 N–H and O–H groups in total. The third kappa shape index (κ3) is 5.33. The first-order chi connectivity index (χ1) is 16.1. The van der Waals surface area contributed by atoms with Gasteiger partial charge in [0.1, 0.15) is 5.01 Å². The van der Waals surface area contributed by atoms with Crippen LogP contribution in [0, 0.1) is 0 Å². The SMILES string of the molecule is CC(=O)Nc1cc(CN2CCOCC2)cc(Nc2ncc3cc(-c4nccs4)ccc3n2)c1. The van der Waals surface area contributed by atoms with Crippen molar-refractivity contribution < 1.29 is 9.53 Å². The number of thiazole rings is 1. The van der Waals surface area contributed by atoms with Gasteiger partial charge in [-0.25, -0.2) is 15.0 Å². The number of hydrogen-bond acceptors (Lipinski definition) is 8. The molecular weight excluding hydrogens is 436 g/mol. The van der Waals surface area contributed by atoms with Crippen molar-refractivity contribution in [3.8, 4) is 10.6 Å². The molecule has 0 saturated carbocycles. The van der Waals surface area contributed by atoms with E-state index in [9.17, 15) is 4.79 Å². The molecular formula is C24H24N6O2S. The van der Waals surface area contributed by atoms with Crippen LogP contribution in [0.5, 0.6) is 0 Å². The number of benzene rings is 2. The minimum Gasteiger partial charge on any atom is -0.379 e. The summed E-state index contributed by atoms with van der Waals surface area (Å²) in [6.45, 7) is 5.56. The summed E-state index contributed by atoms with van der Waals surface area (Å²) in [5.74, 6) is 0.393. The van der Waals surface area contributed by atoms with Crippen LogP contribution in [0.1, 0.15) is 12.5 Å². The van der Waals surface area contributed by atoms with Gasteiger partial charge in [0.05, 0.1) is 18.7 Å². The number of nitrogens with one attached hydrogen (secondary N) is 2. The summed E-state index contributed by atoms with van der Waals surface area (Å²) in [7, 11) is 0. The van der Waals surface area contributed by atoms with Crippen molar-refractivity contribution in [2.24, 2.45) is 0 Å². The summed E-state index contributed by atoms with van der Waals surface area (Å²) in [6.07, 6.45) is 3.62. The van der Waals surface area contributed by atoms with Crippen molar-refractivity contribution >= 4 is 45.5 Å². The van der Waals surface area contributed by atoms with Crippen molar-refractivity contribution in [2.75, 3.05) is 36.9 Å². The Morgan fingerprint density at radius 1 is 1.12 bits per heavy atom. The van der Waals surface area contributed by atoms with Gasteiger partial charge in [0.15, 0.2) is 0 Å². The molecule has 1 fully saturated rings. The smallest absolute Gasteiger partial charge is 0.227 e. The Morgan fingerprint density at radius 3 is 2.76 bits per heavy atom. The van der Waals surface area contributed by atoms with Gasteiger partial charge in [-0.05, 0) is 42.0 Å². The summed E-state index contributed by atoms with van der Waals surface area (Å²) in [6, 6.07) is 12.0. The largest absolute Gasteiger partial charge is 0.379 e. The number of amides is 1. The van der Waals surface area contributed by atoms with Crippen LogP contribution in [0.15, 0.2) is 54.2 Å². The van der Waals surface area contributed by atoms with Gasteiger partial charge in [0.25, 0.3) is 0 Å². The van der Waals surface area contributed by atoms with Crippen LogP contribution < -0.4 is 10.6 Å². The Balaban J connectivity index is 1.40. The number of nitrogens with zero attached hydrogens (tertiary/aromatic N) is 4. The molecule has 0 spiro atoms. The highest BCUT2D eigenvalue weighted by atomic mass is 32.1. The normalized spacial score (nSPS) is 14.3. The molecule has 0 atom stereocenters. The predicted octanol–water partition coefficient (Wildman–Crippen LogP) is 4.29. The van der Waals surface area contributed by atoms with Gasteiger partial charge in [-0.15, -0.1) is 11.3 Å². The van der Waals surface area contributed by atoms with E-state index in [-0.39, 0.29) is 5.91 Å². The van der Waals surface area contributed by atoms with Crippen molar-refractivity contribution in [2.45, 2.75) is 13.5 Å². The van der Waals surface area contributed by atoms with Crippen molar-refractivity contribution in [3.63, 3.8) is 0 Å². The van der Waals surface area contributed by atoms with Gasteiger partial charge in [-0.2, -0.15) is 0 Å². The molecule has 5 rings (SSSR count). The second-order valence-electron chi connectivity index (χ2n) is 7.92. The minimum atomic E-state index is -0.109. The molecule has 4 aromatic rings. The summed E-state index contributed by atoms with van der Waals surface area (Å²) in [5, 5.41) is 10.1. The van der Waals surface area contributed by atoms with Crippen molar-refractivity contribution in [3.05, 3.63) is 59.7 Å². The van der Waals surface area contributed by atoms with Crippen LogP contribution >= 0.6 is 11.3 Å². The predicted molar refractivity (Wildman–Crippen MR) is 131 cm³/mol. The van der Waals surface area contributed by atoms with E-state index in [4.69, 9.17) is 4.74 Å². The third-order valence-corrected chi connectivity index (χ3v) is 6.16. The zero-order chi connectivity index (χ0) is 22.6. The Bertz CT molecular complexity index is 1270. The van der Waals surface area contributed by atoms with E-state index in [1.807, 2.05) is 35.8 Å². The van der Waals surface area contributed by atoms with Crippen LogP contribution in [-0.4, -0.2) is 52.1 Å². The number of rotatable bonds is 6. The van der Waals surface area contributed by atoms with E-state index in [0.717, 1.165) is 71.3 Å². The molecule has 8 nitrogen and oxygen atoms in total. The standard InChI is InChI=1S/C24H24N6O2S/c1-16(31)27-20-10-17(15-30-5-7-32-8-6-30)11-21(13-20)28-24-26-14-19-12-18(2-3-22(19)29-24)23-25-4-9-33-23/h2-4,9-14H,5-8,15H2,1H3,(H,27,31)(H,26,28,29). The lowest BCUT2D eigenvalue weighted by Crippen LogP contribution is -2.35. The van der Waals surface area contributed by atoms with Crippen molar-refractivity contribution in [1.29, 1.82) is 0 Å². The number of anilines is 3. The van der Waals surface area contributed by atoms with Gasteiger partial charge in [0, 0.05) is 66.7 Å². The Kier molecular flexibility index (Phi) is 6.25. The first-order valence-electron chi connectivity index (χ1n) is 10.8. The second kappa shape index (κ2) is 9.62. The maximum atomic E-state index is 11.7. The van der Waals surface area contributed by atoms with Gasteiger partial charge in [0.2, 0.25) is 11.9 Å². The fourth-order valence-corrected chi connectivity index (χ4v) is 4.51. The molecule has 2 aromatic carbocycles. The quantitative estimate of drug-likeness (QED) is 0.443. The highest BCUT2D eigenvalue weighted by molar-refractivity contribution is 7.13. The number of carbonyl (C=O) groups excluding carboxylic acids is 1. The van der Waals surface area contributed by atoms with Gasteiger partial charge < -0.3 is 15.4 Å². The van der Waals surface area contributed by atoms with E-state index in [2.05, 4.69) is 42.6 Å². The second-order valence-corrected chi connectivity index (χ2v) is 8.81. The average Bonchev–Trinajstić information content (AvgIpc) is 3.34. The average molecular weight is 461 g/mol. The molecule has 0 radical (unpaired) electrons. The lowest BCUT2D eigenvalue weighted by atomic mass is 10.1. The summed E-state index contributed by atoms with van der Waals surface area (Å²) in [5.41, 5.74) is 4.56. The Labute approximate surface area is 195 Å². The minimum absolute atomic E-state index is 0.109. The molecule has 2 aromatic heterocycles. The van der Waals surface area contributed by atoms with Crippen LogP contribution in [-0.2, 0) is 16.1 Å². The maximum absolute atomic E-state index is 11.7. The zero-order valence-corrected chi connectivity index (χ0v) is 19.1. The Hall–Kier alpha value is -3.40. The molecule has 1 aliphatic heterocycles. The third-order valence-electron chi connectivity index (χ3n) is 5.34. The number of aromatic nitrogens is 3. The van der Waals surface area contributed by atoms with Gasteiger partial charge in [-0.3, -0.25) is 9.69 Å². The molecule has 0 bridgehead atoms. The Morgan fingerprint density at radius 2 is 1.97 bits per heavy atom. The van der Waals surface area contributed by atoms with Crippen LogP contribution in [0.25, 0.3) is 21.5 Å². The number of hydrogen-bond donors (Lipinski definition) is 2. The van der Waals surface area contributed by atoms with E-state index in [0.29, 0.717) is 5.95 Å². The molecule has 0 unspecified atom stereocenters. The molecule has 1 amide bonds. The number of morpholine rings is 1. The number of fused-ring (bicyclic) bond motifs is 1.